The van der Waals surface area contributed by atoms with Crippen LogP contribution in [0.5, 0.6) is 0 Å². The Morgan fingerprint density at radius 2 is 1.68 bits per heavy atom. The number of sulfone groups is 1. The zero-order valence-electron chi connectivity index (χ0n) is 15.4. The van der Waals surface area contributed by atoms with Crippen LogP contribution in [0.3, 0.4) is 0 Å². The standard InChI is InChI=1S/C18H24N4O5S/c19-16(23)12-5-8-22(9-6-12)17(24)13-1-3-14(4-2-13)20-18(25)21-15-7-10-28(26,27)11-15/h1-4,12,15H,5-11H2,(H2,19,23)(H2,20,21,25). The highest BCUT2D eigenvalue weighted by Crippen LogP contribution is 2.19. The van der Waals surface area contributed by atoms with Crippen molar-refractivity contribution in [3.05, 3.63) is 29.8 Å². The van der Waals surface area contributed by atoms with Crippen LogP contribution in [0.15, 0.2) is 24.3 Å². The average molecular weight is 408 g/mol. The Hall–Kier alpha value is -2.62. The van der Waals surface area contributed by atoms with Crippen LogP contribution in [0, 0.1) is 5.92 Å². The predicted octanol–water partition coefficient (Wildman–Crippen LogP) is 0.333. The number of carbonyl (C=O) groups excluding carboxylic acids is 3. The maximum Gasteiger partial charge on any atom is 0.319 e. The lowest BCUT2D eigenvalue weighted by molar-refractivity contribution is -0.123. The van der Waals surface area contributed by atoms with E-state index in [-0.39, 0.29) is 35.3 Å². The number of nitrogens with zero attached hydrogens (tertiary/aromatic N) is 1. The summed E-state index contributed by atoms with van der Waals surface area (Å²) in [6, 6.07) is 5.63. The van der Waals surface area contributed by atoms with Gasteiger partial charge in [-0.15, -0.1) is 0 Å². The first-order valence-corrected chi connectivity index (χ1v) is 11.0. The highest BCUT2D eigenvalue weighted by molar-refractivity contribution is 7.91. The van der Waals surface area contributed by atoms with Crippen LogP contribution in [0.4, 0.5) is 10.5 Å². The number of urea groups is 1. The minimum atomic E-state index is -3.06. The Bertz CT molecular complexity index is 860. The molecule has 2 aliphatic rings. The van der Waals surface area contributed by atoms with Gasteiger partial charge in [-0.3, -0.25) is 9.59 Å². The summed E-state index contributed by atoms with van der Waals surface area (Å²) in [5.41, 5.74) is 6.30. The van der Waals surface area contributed by atoms with Gasteiger partial charge in [-0.25, -0.2) is 13.2 Å². The van der Waals surface area contributed by atoms with Crippen molar-refractivity contribution in [2.75, 3.05) is 29.9 Å². The molecule has 10 heteroatoms. The number of hydrogen-bond donors (Lipinski definition) is 3. The van der Waals surface area contributed by atoms with Crippen LogP contribution >= 0.6 is 0 Å². The van der Waals surface area contributed by atoms with Crippen LogP contribution in [-0.4, -0.2) is 61.8 Å². The highest BCUT2D eigenvalue weighted by atomic mass is 32.2. The zero-order chi connectivity index (χ0) is 20.3. The second-order valence-corrected chi connectivity index (χ2v) is 9.47. The lowest BCUT2D eigenvalue weighted by Crippen LogP contribution is -2.41. The predicted molar refractivity (Wildman–Crippen MR) is 103 cm³/mol. The van der Waals surface area contributed by atoms with Crippen molar-refractivity contribution in [3.8, 4) is 0 Å². The number of amides is 4. The van der Waals surface area contributed by atoms with E-state index in [0.717, 1.165) is 0 Å². The fourth-order valence-corrected chi connectivity index (χ4v) is 5.18. The molecule has 0 aromatic heterocycles. The van der Waals surface area contributed by atoms with Crippen molar-refractivity contribution in [2.24, 2.45) is 11.7 Å². The normalized spacial score (nSPS) is 21.9. The summed E-state index contributed by atoms with van der Waals surface area (Å²) in [4.78, 5) is 37.5. The third kappa shape index (κ3) is 5.00. The van der Waals surface area contributed by atoms with Gasteiger partial charge < -0.3 is 21.3 Å². The summed E-state index contributed by atoms with van der Waals surface area (Å²) >= 11 is 0. The molecule has 9 nitrogen and oxygen atoms in total. The summed E-state index contributed by atoms with van der Waals surface area (Å²) in [6.07, 6.45) is 1.55. The molecule has 2 saturated heterocycles. The molecule has 1 atom stereocenters. The Morgan fingerprint density at radius 3 is 2.21 bits per heavy atom. The Morgan fingerprint density at radius 1 is 1.04 bits per heavy atom. The molecule has 0 aliphatic carbocycles. The van der Waals surface area contributed by atoms with Gasteiger partial charge in [0.15, 0.2) is 9.84 Å². The van der Waals surface area contributed by atoms with Crippen molar-refractivity contribution in [3.63, 3.8) is 0 Å². The Labute approximate surface area is 163 Å². The molecule has 2 fully saturated rings. The first-order valence-electron chi connectivity index (χ1n) is 9.20. The van der Waals surface area contributed by atoms with Gasteiger partial charge in [0.25, 0.3) is 5.91 Å². The topological polar surface area (TPSA) is 139 Å². The first kappa shape index (κ1) is 20.1. The number of rotatable bonds is 4. The van der Waals surface area contributed by atoms with E-state index >= 15 is 0 Å². The molecular weight excluding hydrogens is 384 g/mol. The SMILES string of the molecule is NC(=O)C1CCN(C(=O)c2ccc(NC(=O)NC3CCS(=O)(=O)C3)cc2)CC1. The molecule has 0 spiro atoms. The van der Waals surface area contributed by atoms with E-state index in [4.69, 9.17) is 5.73 Å². The first-order chi connectivity index (χ1) is 13.2. The quantitative estimate of drug-likeness (QED) is 0.659. The van der Waals surface area contributed by atoms with Crippen LogP contribution in [0.1, 0.15) is 29.6 Å². The van der Waals surface area contributed by atoms with Crippen LogP contribution < -0.4 is 16.4 Å². The number of piperidine rings is 1. The highest BCUT2D eigenvalue weighted by Gasteiger charge is 2.29. The van der Waals surface area contributed by atoms with Gasteiger partial charge >= 0.3 is 6.03 Å². The van der Waals surface area contributed by atoms with Crippen molar-refractivity contribution in [1.82, 2.24) is 10.2 Å². The van der Waals surface area contributed by atoms with Crippen LogP contribution in [-0.2, 0) is 14.6 Å². The molecule has 0 radical (unpaired) electrons. The molecule has 1 unspecified atom stereocenters. The van der Waals surface area contributed by atoms with Crippen LogP contribution in [0.2, 0.25) is 0 Å². The molecule has 4 amide bonds. The van der Waals surface area contributed by atoms with Gasteiger partial charge in [0.1, 0.15) is 0 Å². The van der Waals surface area contributed by atoms with Gasteiger partial charge in [0, 0.05) is 36.3 Å². The lowest BCUT2D eigenvalue weighted by Gasteiger charge is -2.30. The fraction of sp³-hybridized carbons (Fsp3) is 0.500. The largest absolute Gasteiger partial charge is 0.369 e. The number of anilines is 1. The van der Waals surface area contributed by atoms with Crippen molar-refractivity contribution in [1.29, 1.82) is 0 Å². The minimum Gasteiger partial charge on any atom is -0.369 e. The molecule has 1 aromatic rings. The Kier molecular flexibility index (Phi) is 5.87. The smallest absolute Gasteiger partial charge is 0.319 e. The maximum absolute atomic E-state index is 12.6. The fourth-order valence-electron chi connectivity index (χ4n) is 3.51. The van der Waals surface area contributed by atoms with E-state index in [1.54, 1.807) is 29.2 Å². The van der Waals surface area contributed by atoms with Gasteiger partial charge in [-0.2, -0.15) is 0 Å². The Balaban J connectivity index is 1.51. The number of hydrogen-bond acceptors (Lipinski definition) is 5. The number of carbonyl (C=O) groups is 3. The molecule has 2 heterocycles. The van der Waals surface area contributed by atoms with Gasteiger partial charge in [-0.1, -0.05) is 0 Å². The maximum atomic E-state index is 12.6. The molecule has 0 saturated carbocycles. The number of nitrogens with two attached hydrogens (primary N) is 1. The molecule has 3 rings (SSSR count). The van der Waals surface area contributed by atoms with E-state index in [0.29, 0.717) is 43.6 Å². The summed E-state index contributed by atoms with van der Waals surface area (Å²) in [5.74, 6) is -0.582. The van der Waals surface area contributed by atoms with E-state index in [2.05, 4.69) is 10.6 Å². The van der Waals surface area contributed by atoms with Crippen LogP contribution in [0.25, 0.3) is 0 Å². The van der Waals surface area contributed by atoms with E-state index in [9.17, 15) is 22.8 Å². The third-order valence-corrected chi connectivity index (χ3v) is 6.91. The molecule has 28 heavy (non-hydrogen) atoms. The molecule has 152 valence electrons. The summed E-state index contributed by atoms with van der Waals surface area (Å²) in [5, 5.41) is 5.28. The lowest BCUT2D eigenvalue weighted by atomic mass is 9.96. The van der Waals surface area contributed by atoms with Crippen molar-refractivity contribution in [2.45, 2.75) is 25.3 Å². The number of likely N-dealkylation sites (tertiary alicyclic amines) is 1. The average Bonchev–Trinajstić information content (AvgIpc) is 3.00. The molecule has 2 aliphatic heterocycles. The summed E-state index contributed by atoms with van der Waals surface area (Å²) in [7, 11) is -3.06. The van der Waals surface area contributed by atoms with E-state index in [1.807, 2.05) is 0 Å². The van der Waals surface area contributed by atoms with Gasteiger partial charge in [0.05, 0.1) is 11.5 Å². The third-order valence-electron chi connectivity index (χ3n) is 5.14. The number of benzene rings is 1. The molecule has 1 aromatic carbocycles. The summed E-state index contributed by atoms with van der Waals surface area (Å²) < 4.78 is 22.9. The number of nitrogens with one attached hydrogen (secondary N) is 2. The second-order valence-electron chi connectivity index (χ2n) is 7.24. The summed E-state index contributed by atoms with van der Waals surface area (Å²) in [6.45, 7) is 0.971. The van der Waals surface area contributed by atoms with Gasteiger partial charge in [0.2, 0.25) is 5.91 Å². The van der Waals surface area contributed by atoms with E-state index in [1.165, 1.54) is 0 Å². The van der Waals surface area contributed by atoms with Crippen molar-refractivity contribution >= 4 is 33.4 Å². The minimum absolute atomic E-state index is 0.0414. The molecule has 0 bridgehead atoms. The second kappa shape index (κ2) is 8.17. The molecule has 4 N–H and O–H groups in total. The number of primary amides is 1. The van der Waals surface area contributed by atoms with Crippen molar-refractivity contribution < 1.29 is 22.8 Å². The van der Waals surface area contributed by atoms with E-state index < -0.39 is 15.9 Å². The molecular formula is C18H24N4O5S. The zero-order valence-corrected chi connectivity index (χ0v) is 16.2. The monoisotopic (exact) mass is 408 g/mol. The van der Waals surface area contributed by atoms with Gasteiger partial charge in [-0.05, 0) is 43.5 Å².